The normalized spacial score (nSPS) is 18.6. The van der Waals surface area contributed by atoms with Crippen LogP contribution < -0.4 is 10.5 Å². The van der Waals surface area contributed by atoms with Gasteiger partial charge in [0.1, 0.15) is 5.75 Å². The largest absolute Gasteiger partial charge is 0.490 e. The maximum atomic E-state index is 6.04. The van der Waals surface area contributed by atoms with Gasteiger partial charge in [-0.05, 0) is 31.7 Å². The van der Waals surface area contributed by atoms with Crippen LogP contribution in [0.25, 0.3) is 0 Å². The quantitative estimate of drug-likeness (QED) is 0.844. The van der Waals surface area contributed by atoms with Gasteiger partial charge in [0, 0.05) is 12.1 Å². The highest BCUT2D eigenvalue weighted by molar-refractivity contribution is 5.33. The van der Waals surface area contributed by atoms with Gasteiger partial charge in [-0.1, -0.05) is 31.0 Å². The Morgan fingerprint density at radius 1 is 1.31 bits per heavy atom. The third-order valence-electron chi connectivity index (χ3n) is 3.57. The molecule has 1 saturated carbocycles. The molecule has 0 amide bonds. The molecule has 1 fully saturated rings. The number of rotatable bonds is 4. The van der Waals surface area contributed by atoms with Gasteiger partial charge in [0.25, 0.3) is 0 Å². The van der Waals surface area contributed by atoms with Crippen molar-refractivity contribution in [3.8, 4) is 5.75 Å². The van der Waals surface area contributed by atoms with E-state index in [2.05, 4.69) is 6.92 Å². The summed E-state index contributed by atoms with van der Waals surface area (Å²) in [5.41, 5.74) is 6.80. The van der Waals surface area contributed by atoms with Crippen molar-refractivity contribution in [2.45, 2.75) is 45.3 Å². The summed E-state index contributed by atoms with van der Waals surface area (Å²) in [4.78, 5) is 0. The molecule has 2 nitrogen and oxygen atoms in total. The molecule has 1 aliphatic carbocycles. The molecular formula is C14H21NO. The monoisotopic (exact) mass is 219 g/mol. The highest BCUT2D eigenvalue weighted by atomic mass is 16.5. The number of para-hydroxylation sites is 1. The molecule has 0 heterocycles. The summed E-state index contributed by atoms with van der Waals surface area (Å²) in [6.45, 7) is 2.73. The highest BCUT2D eigenvalue weighted by Gasteiger charge is 2.23. The van der Waals surface area contributed by atoms with Crippen LogP contribution in [0.1, 0.15) is 38.2 Å². The molecule has 2 N–H and O–H groups in total. The second kappa shape index (κ2) is 5.35. The van der Waals surface area contributed by atoms with Gasteiger partial charge in [-0.2, -0.15) is 0 Å². The van der Waals surface area contributed by atoms with Crippen molar-refractivity contribution in [1.82, 2.24) is 0 Å². The summed E-state index contributed by atoms with van der Waals surface area (Å²) in [7, 11) is 0. The highest BCUT2D eigenvalue weighted by Crippen LogP contribution is 2.30. The lowest BCUT2D eigenvalue weighted by molar-refractivity contribution is 0.153. The molecule has 0 spiro atoms. The third kappa shape index (κ3) is 2.56. The van der Waals surface area contributed by atoms with Gasteiger partial charge in [-0.15, -0.1) is 0 Å². The Hall–Kier alpha value is -1.02. The SMILES string of the molecule is CC(Oc1ccccc1CN)C1CCCC1. The van der Waals surface area contributed by atoms with Crippen LogP contribution >= 0.6 is 0 Å². The first-order valence-electron chi connectivity index (χ1n) is 6.26. The number of hydrogen-bond acceptors (Lipinski definition) is 2. The lowest BCUT2D eigenvalue weighted by Gasteiger charge is -2.22. The van der Waals surface area contributed by atoms with Crippen molar-refractivity contribution >= 4 is 0 Å². The molecule has 1 aromatic rings. The Morgan fingerprint density at radius 2 is 2.00 bits per heavy atom. The van der Waals surface area contributed by atoms with Crippen LogP contribution in [0.5, 0.6) is 5.75 Å². The second-order valence-electron chi connectivity index (χ2n) is 4.68. The average molecular weight is 219 g/mol. The number of ether oxygens (including phenoxy) is 1. The molecule has 0 saturated heterocycles. The standard InChI is InChI=1S/C14H21NO/c1-11(12-6-2-3-7-12)16-14-9-5-4-8-13(14)10-15/h4-5,8-9,11-12H,2-3,6-7,10,15H2,1H3. The smallest absolute Gasteiger partial charge is 0.124 e. The topological polar surface area (TPSA) is 35.2 Å². The predicted molar refractivity (Wildman–Crippen MR) is 66.4 cm³/mol. The molecule has 0 bridgehead atoms. The van der Waals surface area contributed by atoms with Crippen molar-refractivity contribution in [3.05, 3.63) is 29.8 Å². The molecule has 88 valence electrons. The Bertz CT molecular complexity index is 331. The van der Waals surface area contributed by atoms with Crippen molar-refractivity contribution in [2.75, 3.05) is 0 Å². The van der Waals surface area contributed by atoms with E-state index >= 15 is 0 Å². The zero-order chi connectivity index (χ0) is 11.4. The fraction of sp³-hybridized carbons (Fsp3) is 0.571. The van der Waals surface area contributed by atoms with Crippen LogP contribution in [0.3, 0.4) is 0 Å². The van der Waals surface area contributed by atoms with E-state index in [9.17, 15) is 0 Å². The fourth-order valence-electron chi connectivity index (χ4n) is 2.51. The van der Waals surface area contributed by atoms with Gasteiger partial charge >= 0.3 is 0 Å². The van der Waals surface area contributed by atoms with Crippen LogP contribution in [-0.4, -0.2) is 6.10 Å². The molecular weight excluding hydrogens is 198 g/mol. The van der Waals surface area contributed by atoms with Gasteiger partial charge in [-0.25, -0.2) is 0 Å². The Balaban J connectivity index is 2.01. The molecule has 2 rings (SSSR count). The van der Waals surface area contributed by atoms with Crippen molar-refractivity contribution < 1.29 is 4.74 Å². The first kappa shape index (κ1) is 11.5. The van der Waals surface area contributed by atoms with Crippen LogP contribution in [0.4, 0.5) is 0 Å². The van der Waals surface area contributed by atoms with Gasteiger partial charge < -0.3 is 10.5 Å². The molecule has 1 atom stereocenters. The van der Waals surface area contributed by atoms with Gasteiger partial charge in [-0.3, -0.25) is 0 Å². The zero-order valence-corrected chi connectivity index (χ0v) is 9.99. The van der Waals surface area contributed by atoms with E-state index in [1.807, 2.05) is 24.3 Å². The lowest BCUT2D eigenvalue weighted by atomic mass is 10.0. The summed E-state index contributed by atoms with van der Waals surface area (Å²) in [5.74, 6) is 1.69. The minimum atomic E-state index is 0.315. The van der Waals surface area contributed by atoms with Crippen LogP contribution in [0, 0.1) is 5.92 Å². The van der Waals surface area contributed by atoms with Crippen molar-refractivity contribution in [3.63, 3.8) is 0 Å². The number of hydrogen-bond donors (Lipinski definition) is 1. The van der Waals surface area contributed by atoms with E-state index in [0.717, 1.165) is 17.2 Å². The molecule has 0 radical (unpaired) electrons. The molecule has 0 aliphatic heterocycles. The van der Waals surface area contributed by atoms with Crippen LogP contribution in [-0.2, 0) is 6.54 Å². The van der Waals surface area contributed by atoms with Gasteiger partial charge in [0.2, 0.25) is 0 Å². The Morgan fingerprint density at radius 3 is 2.69 bits per heavy atom. The van der Waals surface area contributed by atoms with Crippen LogP contribution in [0.15, 0.2) is 24.3 Å². The molecule has 0 aromatic heterocycles. The van der Waals surface area contributed by atoms with E-state index in [4.69, 9.17) is 10.5 Å². The molecule has 16 heavy (non-hydrogen) atoms. The van der Waals surface area contributed by atoms with Gasteiger partial charge in [0.15, 0.2) is 0 Å². The van der Waals surface area contributed by atoms with Crippen molar-refractivity contribution in [2.24, 2.45) is 11.7 Å². The predicted octanol–water partition coefficient (Wildman–Crippen LogP) is 3.10. The summed E-state index contributed by atoms with van der Waals surface area (Å²) in [6.07, 6.45) is 5.65. The first-order valence-corrected chi connectivity index (χ1v) is 6.26. The first-order chi connectivity index (χ1) is 7.81. The van der Waals surface area contributed by atoms with E-state index in [-0.39, 0.29) is 0 Å². The van der Waals surface area contributed by atoms with Crippen LogP contribution in [0.2, 0.25) is 0 Å². The molecule has 2 heteroatoms. The summed E-state index contributed by atoms with van der Waals surface area (Å²) >= 11 is 0. The molecule has 1 aliphatic rings. The van der Waals surface area contributed by atoms with E-state index in [1.165, 1.54) is 25.7 Å². The minimum absolute atomic E-state index is 0.315. The van der Waals surface area contributed by atoms with Crippen molar-refractivity contribution in [1.29, 1.82) is 0 Å². The number of benzene rings is 1. The van der Waals surface area contributed by atoms with Gasteiger partial charge in [0.05, 0.1) is 6.10 Å². The summed E-state index contributed by atoms with van der Waals surface area (Å²) in [5, 5.41) is 0. The maximum absolute atomic E-state index is 6.04. The average Bonchev–Trinajstić information content (AvgIpc) is 2.83. The molecule has 1 unspecified atom stereocenters. The zero-order valence-electron chi connectivity index (χ0n) is 9.99. The van der Waals surface area contributed by atoms with E-state index in [1.54, 1.807) is 0 Å². The van der Waals surface area contributed by atoms with E-state index in [0.29, 0.717) is 12.6 Å². The Labute approximate surface area is 97.8 Å². The lowest BCUT2D eigenvalue weighted by Crippen LogP contribution is -2.22. The maximum Gasteiger partial charge on any atom is 0.124 e. The third-order valence-corrected chi connectivity index (χ3v) is 3.57. The number of nitrogens with two attached hydrogens (primary N) is 1. The minimum Gasteiger partial charge on any atom is -0.490 e. The summed E-state index contributed by atoms with van der Waals surface area (Å²) < 4.78 is 6.04. The van der Waals surface area contributed by atoms with E-state index < -0.39 is 0 Å². The second-order valence-corrected chi connectivity index (χ2v) is 4.68. The summed E-state index contributed by atoms with van der Waals surface area (Å²) in [6, 6.07) is 8.08. The molecule has 1 aromatic carbocycles. The Kier molecular flexibility index (Phi) is 3.83. The fourth-order valence-corrected chi connectivity index (χ4v) is 2.51.